The van der Waals surface area contributed by atoms with Gasteiger partial charge in [0.2, 0.25) is 5.75 Å². The Morgan fingerprint density at radius 2 is 1.40 bits per heavy atom. The molecule has 0 aromatic heterocycles. The lowest BCUT2D eigenvalue weighted by Crippen LogP contribution is -2.37. The van der Waals surface area contributed by atoms with E-state index in [-0.39, 0.29) is 19.0 Å². The van der Waals surface area contributed by atoms with E-state index < -0.39 is 29.8 Å². The first-order valence-electron chi connectivity index (χ1n) is 12.9. The third-order valence-corrected chi connectivity index (χ3v) is 7.63. The highest BCUT2D eigenvalue weighted by molar-refractivity contribution is 5.79. The van der Waals surface area contributed by atoms with Crippen LogP contribution in [-0.2, 0) is 25.5 Å². The van der Waals surface area contributed by atoms with E-state index in [4.69, 9.17) is 33.2 Å². The lowest BCUT2D eigenvalue weighted by Gasteiger charge is -2.39. The molecule has 0 radical (unpaired) electrons. The van der Waals surface area contributed by atoms with Gasteiger partial charge >= 0.3 is 11.9 Å². The largest absolute Gasteiger partial charge is 0.493 e. The minimum Gasteiger partial charge on any atom is -0.493 e. The Labute approximate surface area is 232 Å². The standard InChI is InChI=1S/C31H32O9/c1-34-22-14-19-20(15-23(22)35-2)29(40-26(32)11-17-9-7-6-8-10-17)21-16-39-31(33)28(21)27(19)18-12-24(36-3)30(38-5)25(13-18)37-4/h6-10,12-15,21,27-29H,11,16H2,1-5H3/t21-,27+,28-,29-/m0/s1. The Balaban J connectivity index is 1.66. The molecule has 210 valence electrons. The van der Waals surface area contributed by atoms with Gasteiger partial charge < -0.3 is 33.2 Å². The second-order valence-electron chi connectivity index (χ2n) is 9.66. The number of fused-ring (bicyclic) bond motifs is 2. The lowest BCUT2D eigenvalue weighted by atomic mass is 9.66. The number of benzene rings is 3. The Bertz CT molecular complexity index is 1380. The van der Waals surface area contributed by atoms with Crippen molar-refractivity contribution in [1.82, 2.24) is 0 Å². The lowest BCUT2D eigenvalue weighted by molar-refractivity contribution is -0.153. The van der Waals surface area contributed by atoms with Crippen LogP contribution in [0.4, 0.5) is 0 Å². The predicted molar refractivity (Wildman–Crippen MR) is 144 cm³/mol. The van der Waals surface area contributed by atoms with Crippen LogP contribution < -0.4 is 23.7 Å². The van der Waals surface area contributed by atoms with E-state index >= 15 is 0 Å². The van der Waals surface area contributed by atoms with E-state index in [1.807, 2.05) is 54.6 Å². The van der Waals surface area contributed by atoms with Gasteiger partial charge in [0.15, 0.2) is 23.0 Å². The Kier molecular flexibility index (Phi) is 7.73. The van der Waals surface area contributed by atoms with E-state index in [0.717, 1.165) is 22.3 Å². The van der Waals surface area contributed by atoms with Crippen LogP contribution in [0, 0.1) is 11.8 Å². The molecule has 1 saturated heterocycles. The number of methoxy groups -OCH3 is 5. The van der Waals surface area contributed by atoms with E-state index in [9.17, 15) is 9.59 Å². The highest BCUT2D eigenvalue weighted by Crippen LogP contribution is 2.56. The van der Waals surface area contributed by atoms with Gasteiger partial charge in [-0.3, -0.25) is 9.59 Å². The van der Waals surface area contributed by atoms with Crippen molar-refractivity contribution in [3.05, 3.63) is 76.9 Å². The maximum atomic E-state index is 13.3. The van der Waals surface area contributed by atoms with Gasteiger partial charge in [-0.05, 0) is 41.0 Å². The molecule has 2 aliphatic rings. The van der Waals surface area contributed by atoms with Gasteiger partial charge in [-0.25, -0.2) is 0 Å². The van der Waals surface area contributed by atoms with Gasteiger partial charge in [-0.2, -0.15) is 0 Å². The van der Waals surface area contributed by atoms with Gasteiger partial charge in [-0.15, -0.1) is 0 Å². The maximum Gasteiger partial charge on any atom is 0.310 e. The summed E-state index contributed by atoms with van der Waals surface area (Å²) in [5.41, 5.74) is 3.06. The van der Waals surface area contributed by atoms with Gasteiger partial charge in [0.05, 0.1) is 54.5 Å². The van der Waals surface area contributed by atoms with Gasteiger partial charge in [0.1, 0.15) is 6.10 Å². The zero-order valence-electron chi connectivity index (χ0n) is 23.1. The summed E-state index contributed by atoms with van der Waals surface area (Å²) in [4.78, 5) is 26.5. The molecule has 3 aromatic rings. The van der Waals surface area contributed by atoms with Crippen molar-refractivity contribution < 1.29 is 42.7 Å². The summed E-state index contributed by atoms with van der Waals surface area (Å²) in [5, 5.41) is 0. The molecule has 0 N–H and O–H groups in total. The average molecular weight is 549 g/mol. The fourth-order valence-corrected chi connectivity index (χ4v) is 5.83. The van der Waals surface area contributed by atoms with Crippen molar-refractivity contribution in [3.8, 4) is 28.7 Å². The van der Waals surface area contributed by atoms with E-state index in [2.05, 4.69) is 0 Å². The normalized spacial score (nSPS) is 21.0. The Hall–Kier alpha value is -4.40. The molecule has 0 unspecified atom stereocenters. The SMILES string of the molecule is COc1cc2c(cc1OC)[C@H](OC(=O)Cc1ccccc1)[C@H]1COC(=O)[C@@H]1[C@@H]2c1cc(OC)c(OC)c(OC)c1. The maximum absolute atomic E-state index is 13.3. The third-order valence-electron chi connectivity index (χ3n) is 7.63. The van der Waals surface area contributed by atoms with Crippen LogP contribution in [0.5, 0.6) is 28.7 Å². The van der Waals surface area contributed by atoms with Crippen molar-refractivity contribution in [2.45, 2.75) is 18.4 Å². The van der Waals surface area contributed by atoms with Gasteiger partial charge in [-0.1, -0.05) is 30.3 Å². The molecule has 5 rings (SSSR count). The Morgan fingerprint density at radius 1 is 0.800 bits per heavy atom. The van der Waals surface area contributed by atoms with Crippen LogP contribution in [0.2, 0.25) is 0 Å². The van der Waals surface area contributed by atoms with Crippen molar-refractivity contribution in [2.75, 3.05) is 42.2 Å². The molecule has 1 fully saturated rings. The monoisotopic (exact) mass is 548 g/mol. The number of rotatable bonds is 9. The zero-order chi connectivity index (χ0) is 28.4. The van der Waals surface area contributed by atoms with Crippen molar-refractivity contribution >= 4 is 11.9 Å². The second kappa shape index (κ2) is 11.4. The molecule has 0 saturated carbocycles. The van der Waals surface area contributed by atoms with Gasteiger partial charge in [0.25, 0.3) is 0 Å². The molecule has 0 amide bonds. The molecule has 1 aliphatic heterocycles. The zero-order valence-corrected chi connectivity index (χ0v) is 23.1. The van der Waals surface area contributed by atoms with E-state index in [1.54, 1.807) is 28.4 Å². The van der Waals surface area contributed by atoms with Crippen LogP contribution in [0.1, 0.15) is 34.3 Å². The number of carbonyl (C=O) groups excluding carboxylic acids is 2. The summed E-state index contributed by atoms with van der Waals surface area (Å²) in [6, 6.07) is 16.7. The van der Waals surface area contributed by atoms with Crippen LogP contribution >= 0.6 is 0 Å². The summed E-state index contributed by atoms with van der Waals surface area (Å²) < 4.78 is 39.7. The quantitative estimate of drug-likeness (QED) is 0.358. The molecule has 0 spiro atoms. The molecule has 9 heteroatoms. The summed E-state index contributed by atoms with van der Waals surface area (Å²) in [6.07, 6.45) is -0.636. The molecular formula is C31H32O9. The minimum absolute atomic E-state index is 0.0997. The van der Waals surface area contributed by atoms with E-state index in [0.29, 0.717) is 28.7 Å². The number of esters is 2. The van der Waals surface area contributed by atoms with Crippen LogP contribution in [0.3, 0.4) is 0 Å². The topological polar surface area (TPSA) is 98.8 Å². The predicted octanol–water partition coefficient (Wildman–Crippen LogP) is 4.49. The minimum atomic E-state index is -0.735. The summed E-state index contributed by atoms with van der Waals surface area (Å²) in [5.74, 6) is 0.00864. The van der Waals surface area contributed by atoms with Crippen LogP contribution in [-0.4, -0.2) is 54.1 Å². The molecule has 3 aromatic carbocycles. The number of hydrogen-bond donors (Lipinski definition) is 0. The molecule has 1 heterocycles. The highest BCUT2D eigenvalue weighted by atomic mass is 16.6. The number of ether oxygens (including phenoxy) is 7. The number of cyclic esters (lactones) is 1. The number of carbonyl (C=O) groups is 2. The van der Waals surface area contributed by atoms with Crippen molar-refractivity contribution in [1.29, 1.82) is 0 Å². The van der Waals surface area contributed by atoms with Crippen molar-refractivity contribution in [2.24, 2.45) is 11.8 Å². The molecular weight excluding hydrogens is 516 g/mol. The third kappa shape index (κ3) is 4.76. The first-order valence-corrected chi connectivity index (χ1v) is 12.9. The molecule has 40 heavy (non-hydrogen) atoms. The first kappa shape index (κ1) is 27.2. The summed E-state index contributed by atoms with van der Waals surface area (Å²) >= 11 is 0. The van der Waals surface area contributed by atoms with Gasteiger partial charge in [0, 0.05) is 17.4 Å². The highest BCUT2D eigenvalue weighted by Gasteiger charge is 2.54. The average Bonchev–Trinajstić information content (AvgIpc) is 3.36. The number of hydrogen-bond acceptors (Lipinski definition) is 9. The van der Waals surface area contributed by atoms with E-state index in [1.165, 1.54) is 7.11 Å². The van der Waals surface area contributed by atoms with Crippen LogP contribution in [0.25, 0.3) is 0 Å². The molecule has 1 aliphatic carbocycles. The van der Waals surface area contributed by atoms with Crippen molar-refractivity contribution in [3.63, 3.8) is 0 Å². The summed E-state index contributed by atoms with van der Waals surface area (Å²) in [7, 11) is 7.71. The Morgan fingerprint density at radius 3 is 1.98 bits per heavy atom. The van der Waals surface area contributed by atoms with Crippen LogP contribution in [0.15, 0.2) is 54.6 Å². The fraction of sp³-hybridized carbons (Fsp3) is 0.355. The molecule has 9 nitrogen and oxygen atoms in total. The first-order chi connectivity index (χ1) is 19.4. The summed E-state index contributed by atoms with van der Waals surface area (Å²) in [6.45, 7) is 0.113. The fourth-order valence-electron chi connectivity index (χ4n) is 5.83. The smallest absolute Gasteiger partial charge is 0.310 e. The second-order valence-corrected chi connectivity index (χ2v) is 9.66. The molecule has 4 atom stereocenters. The molecule has 0 bridgehead atoms.